The number of unbranched alkanes of at least 4 members (excludes halogenated alkanes) is 1. The number of carbonyl (C=O) groups is 2. The Morgan fingerprint density at radius 3 is 2.00 bits per heavy atom. The van der Waals surface area contributed by atoms with Crippen LogP contribution in [0.3, 0.4) is 0 Å². The number of carbonyl (C=O) groups excluding carboxylic acids is 1. The molecule has 3 aromatic carbocycles. The minimum Gasteiger partial charge on any atom is -0.478 e. The molecule has 0 unspecified atom stereocenters. The summed E-state index contributed by atoms with van der Waals surface area (Å²) in [5.41, 5.74) is 2.08. The fourth-order valence-corrected chi connectivity index (χ4v) is 3.42. The molecule has 4 N–H and O–H groups in total. The van der Waals surface area contributed by atoms with Gasteiger partial charge in [0, 0.05) is 30.2 Å². The summed E-state index contributed by atoms with van der Waals surface area (Å²) < 4.78 is 5.75. The van der Waals surface area contributed by atoms with Gasteiger partial charge in [0.05, 0.1) is 5.56 Å². The van der Waals surface area contributed by atoms with Gasteiger partial charge in [-0.3, -0.25) is 4.79 Å². The molecular weight excluding hydrogens is 466 g/mol. The highest BCUT2D eigenvalue weighted by atomic mass is 35.5. The van der Waals surface area contributed by atoms with E-state index in [-0.39, 0.29) is 5.91 Å². The second kappa shape index (κ2) is 14.1. The third kappa shape index (κ3) is 9.78. The van der Waals surface area contributed by atoms with E-state index < -0.39 is 5.97 Å². The van der Waals surface area contributed by atoms with Crippen LogP contribution in [0.2, 0.25) is 5.02 Å². The molecule has 0 saturated heterocycles. The van der Waals surface area contributed by atoms with Crippen molar-refractivity contribution in [3.63, 3.8) is 0 Å². The number of carboxylic acid groups (broad SMARTS) is 1. The topological polar surface area (TPSA) is 99.7 Å². The number of anilines is 1. The minimum atomic E-state index is -0.913. The Morgan fingerprint density at radius 1 is 0.771 bits per heavy atom. The maximum absolute atomic E-state index is 12.1. The molecule has 0 radical (unpaired) electrons. The lowest BCUT2D eigenvalue weighted by molar-refractivity contribution is -0.116. The molecule has 0 aliphatic rings. The van der Waals surface area contributed by atoms with Crippen LogP contribution in [0.5, 0.6) is 11.5 Å². The Balaban J connectivity index is 1.21. The molecule has 184 valence electrons. The highest BCUT2D eigenvalue weighted by Crippen LogP contribution is 2.24. The molecule has 0 fully saturated rings. The normalized spacial score (nSPS) is 10.7. The van der Waals surface area contributed by atoms with Crippen molar-refractivity contribution in [3.05, 3.63) is 88.9 Å². The van der Waals surface area contributed by atoms with E-state index >= 15 is 0 Å². The highest BCUT2D eigenvalue weighted by Gasteiger charge is 2.04. The molecule has 0 saturated carbocycles. The summed E-state index contributed by atoms with van der Waals surface area (Å²) in [5, 5.41) is 19.1. The number of amides is 1. The van der Waals surface area contributed by atoms with E-state index in [1.54, 1.807) is 36.4 Å². The fourth-order valence-electron chi connectivity index (χ4n) is 3.29. The van der Waals surface area contributed by atoms with Crippen molar-refractivity contribution in [2.45, 2.75) is 25.8 Å². The molecule has 7 nitrogen and oxygen atoms in total. The zero-order valence-corrected chi connectivity index (χ0v) is 20.2. The zero-order chi connectivity index (χ0) is 24.9. The molecule has 0 atom stereocenters. The average molecular weight is 496 g/mol. The van der Waals surface area contributed by atoms with Crippen molar-refractivity contribution in [1.29, 1.82) is 0 Å². The molecule has 0 spiro atoms. The molecule has 0 heterocycles. The Kier molecular flexibility index (Phi) is 10.6. The van der Waals surface area contributed by atoms with Crippen molar-refractivity contribution in [1.82, 2.24) is 10.6 Å². The molecule has 8 heteroatoms. The highest BCUT2D eigenvalue weighted by molar-refractivity contribution is 6.30. The lowest BCUT2D eigenvalue weighted by Gasteiger charge is -2.09. The van der Waals surface area contributed by atoms with Crippen LogP contribution in [0.25, 0.3) is 0 Å². The lowest BCUT2D eigenvalue weighted by atomic mass is 10.1. The summed E-state index contributed by atoms with van der Waals surface area (Å²) in [4.78, 5) is 23.0. The number of hydrogen-bond donors (Lipinski definition) is 4. The van der Waals surface area contributed by atoms with Gasteiger partial charge in [-0.05, 0) is 92.2 Å². The summed E-state index contributed by atoms with van der Waals surface area (Å²) in [5.74, 6) is 0.418. The van der Waals surface area contributed by atoms with Gasteiger partial charge in [0.1, 0.15) is 11.5 Å². The van der Waals surface area contributed by atoms with Gasteiger partial charge in [-0.25, -0.2) is 4.79 Å². The smallest absolute Gasteiger partial charge is 0.335 e. The van der Waals surface area contributed by atoms with Crippen LogP contribution in [-0.2, 0) is 11.3 Å². The maximum Gasteiger partial charge on any atom is 0.335 e. The van der Waals surface area contributed by atoms with Crippen LogP contribution in [-0.4, -0.2) is 36.6 Å². The molecule has 0 aliphatic carbocycles. The van der Waals surface area contributed by atoms with Crippen molar-refractivity contribution in [3.8, 4) is 11.5 Å². The summed E-state index contributed by atoms with van der Waals surface area (Å²) in [7, 11) is 0. The van der Waals surface area contributed by atoms with E-state index in [0.29, 0.717) is 41.6 Å². The first-order valence-corrected chi connectivity index (χ1v) is 11.9. The van der Waals surface area contributed by atoms with E-state index in [1.165, 1.54) is 0 Å². The van der Waals surface area contributed by atoms with Crippen molar-refractivity contribution < 1.29 is 19.4 Å². The van der Waals surface area contributed by atoms with Gasteiger partial charge >= 0.3 is 5.97 Å². The van der Waals surface area contributed by atoms with E-state index in [4.69, 9.17) is 21.4 Å². The van der Waals surface area contributed by atoms with Crippen LogP contribution in [0.1, 0.15) is 35.2 Å². The Hall–Kier alpha value is -3.39. The van der Waals surface area contributed by atoms with E-state index in [9.17, 15) is 9.59 Å². The number of halogens is 1. The molecule has 0 bridgehead atoms. The van der Waals surface area contributed by atoms with Crippen LogP contribution in [0.15, 0.2) is 72.8 Å². The number of nitrogens with one attached hydrogen (secondary N) is 3. The Labute approximate surface area is 210 Å². The molecule has 3 aromatic rings. The van der Waals surface area contributed by atoms with Gasteiger partial charge < -0.3 is 25.8 Å². The number of benzene rings is 3. The van der Waals surface area contributed by atoms with Crippen LogP contribution in [0, 0.1) is 0 Å². The first-order chi connectivity index (χ1) is 17.0. The van der Waals surface area contributed by atoms with Gasteiger partial charge in [0.25, 0.3) is 0 Å². The third-order valence-corrected chi connectivity index (χ3v) is 5.46. The van der Waals surface area contributed by atoms with Gasteiger partial charge in [-0.15, -0.1) is 0 Å². The zero-order valence-electron chi connectivity index (χ0n) is 19.4. The molecule has 1 amide bonds. The first-order valence-electron chi connectivity index (χ1n) is 11.6. The predicted molar refractivity (Wildman–Crippen MR) is 138 cm³/mol. The monoisotopic (exact) mass is 495 g/mol. The van der Waals surface area contributed by atoms with E-state index in [2.05, 4.69) is 16.0 Å². The number of rotatable bonds is 14. The molecule has 35 heavy (non-hydrogen) atoms. The lowest BCUT2D eigenvalue weighted by Crippen LogP contribution is -2.23. The third-order valence-electron chi connectivity index (χ3n) is 5.20. The maximum atomic E-state index is 12.1. The average Bonchev–Trinajstić information content (AvgIpc) is 2.86. The fraction of sp³-hybridized carbons (Fsp3) is 0.259. The summed E-state index contributed by atoms with van der Waals surface area (Å²) in [6, 6.07) is 21.2. The van der Waals surface area contributed by atoms with Gasteiger partial charge in [0.2, 0.25) is 5.91 Å². The number of aromatic carboxylic acids is 1. The number of ether oxygens (including phenoxy) is 1. The van der Waals surface area contributed by atoms with Crippen molar-refractivity contribution in [2.24, 2.45) is 0 Å². The minimum absolute atomic E-state index is 0.0422. The van der Waals surface area contributed by atoms with E-state index in [0.717, 1.165) is 37.2 Å². The number of carboxylic acids is 1. The summed E-state index contributed by atoms with van der Waals surface area (Å²) >= 11 is 5.88. The Morgan fingerprint density at radius 2 is 1.37 bits per heavy atom. The molecule has 3 rings (SSSR count). The number of hydrogen-bond acceptors (Lipinski definition) is 5. The van der Waals surface area contributed by atoms with Crippen LogP contribution >= 0.6 is 11.6 Å². The second-order valence-electron chi connectivity index (χ2n) is 8.01. The molecule has 0 aromatic heterocycles. The largest absolute Gasteiger partial charge is 0.478 e. The van der Waals surface area contributed by atoms with Crippen molar-refractivity contribution >= 4 is 29.2 Å². The SMILES string of the molecule is O=C(CCNCCCCNCc1ccc(C(=O)O)cc1)Nc1ccc(Oc2ccc(Cl)cc2)cc1. The van der Waals surface area contributed by atoms with Crippen LogP contribution in [0.4, 0.5) is 5.69 Å². The van der Waals surface area contributed by atoms with Crippen LogP contribution < -0.4 is 20.7 Å². The van der Waals surface area contributed by atoms with Gasteiger partial charge in [-0.1, -0.05) is 23.7 Å². The molecular formula is C27H30ClN3O4. The quantitative estimate of drug-likeness (QED) is 0.226. The first kappa shape index (κ1) is 26.2. The summed E-state index contributed by atoms with van der Waals surface area (Å²) in [6.07, 6.45) is 2.41. The Bertz CT molecular complexity index is 1070. The van der Waals surface area contributed by atoms with Crippen molar-refractivity contribution in [2.75, 3.05) is 25.0 Å². The molecule has 0 aliphatic heterocycles. The second-order valence-corrected chi connectivity index (χ2v) is 8.45. The van der Waals surface area contributed by atoms with Gasteiger partial charge in [0.15, 0.2) is 0 Å². The summed E-state index contributed by atoms with van der Waals surface area (Å²) in [6.45, 7) is 3.05. The van der Waals surface area contributed by atoms with E-state index in [1.807, 2.05) is 36.4 Å². The van der Waals surface area contributed by atoms with Gasteiger partial charge in [-0.2, -0.15) is 0 Å². The predicted octanol–water partition coefficient (Wildman–Crippen LogP) is 5.32. The standard InChI is InChI=1S/C27H30ClN3O4/c28-22-7-11-24(12-8-22)35-25-13-9-23(10-14-25)31-26(32)15-18-29-16-1-2-17-30-19-20-3-5-21(6-4-20)27(33)34/h3-14,29-30H,1-2,15-19H2,(H,31,32)(H,33,34).